The van der Waals surface area contributed by atoms with Crippen LogP contribution in [-0.4, -0.2) is 34.3 Å². The number of hydrogen-bond donors (Lipinski definition) is 1. The number of fused-ring (bicyclic) bond motifs is 1. The summed E-state index contributed by atoms with van der Waals surface area (Å²) in [4.78, 5) is 19.2. The molecule has 4 aromatic rings. The van der Waals surface area contributed by atoms with E-state index in [1.807, 2.05) is 60.0 Å². The minimum absolute atomic E-state index is 0.0713. The second-order valence-electron chi connectivity index (χ2n) is 7.44. The van der Waals surface area contributed by atoms with E-state index in [0.717, 1.165) is 39.0 Å². The molecule has 2 aromatic carbocycles. The molecule has 154 valence electrons. The summed E-state index contributed by atoms with van der Waals surface area (Å²) in [6.45, 7) is 6.39. The Hall–Kier alpha value is -3.19. The second kappa shape index (κ2) is 8.28. The third-order valence-corrected chi connectivity index (χ3v) is 6.24. The van der Waals surface area contributed by atoms with E-state index in [4.69, 9.17) is 4.98 Å². The largest absolute Gasteiger partial charge is 0.342 e. The van der Waals surface area contributed by atoms with Gasteiger partial charge >= 0.3 is 0 Å². The number of nitrogens with one attached hydrogen (secondary N) is 1. The van der Waals surface area contributed by atoms with Crippen molar-refractivity contribution in [1.82, 2.24) is 14.8 Å². The quantitative estimate of drug-likeness (QED) is 0.490. The molecule has 6 nitrogen and oxygen atoms in total. The van der Waals surface area contributed by atoms with Crippen LogP contribution >= 0.6 is 11.3 Å². The fourth-order valence-electron chi connectivity index (χ4n) is 3.33. The number of amides is 1. The van der Waals surface area contributed by atoms with E-state index in [0.29, 0.717) is 0 Å². The van der Waals surface area contributed by atoms with Gasteiger partial charge in [0.05, 0.1) is 22.6 Å². The molecule has 0 saturated heterocycles. The highest BCUT2D eigenvalue weighted by molar-refractivity contribution is 7.22. The predicted molar refractivity (Wildman–Crippen MR) is 124 cm³/mol. The summed E-state index contributed by atoms with van der Waals surface area (Å²) in [5.74, 6) is -0.0713. The second-order valence-corrected chi connectivity index (χ2v) is 8.42. The highest BCUT2D eigenvalue weighted by Gasteiger charge is 2.18. The molecule has 0 spiro atoms. The van der Waals surface area contributed by atoms with Crippen molar-refractivity contribution in [2.45, 2.75) is 27.2 Å². The van der Waals surface area contributed by atoms with Gasteiger partial charge in [-0.3, -0.25) is 4.79 Å². The van der Waals surface area contributed by atoms with Gasteiger partial charge in [0.25, 0.3) is 0 Å². The van der Waals surface area contributed by atoms with Crippen molar-refractivity contribution in [3.63, 3.8) is 0 Å². The number of likely N-dealkylation sites (N-methyl/N-ethyl adjacent to an activating group) is 1. The predicted octanol–water partition coefficient (Wildman–Crippen LogP) is 4.74. The maximum absolute atomic E-state index is 12.5. The molecule has 2 heterocycles. The van der Waals surface area contributed by atoms with Crippen LogP contribution in [0.4, 0.5) is 10.8 Å². The number of nitrogens with zero attached hydrogens (tertiary/aromatic N) is 4. The van der Waals surface area contributed by atoms with Crippen LogP contribution in [0.25, 0.3) is 16.0 Å². The van der Waals surface area contributed by atoms with Gasteiger partial charge in [0.1, 0.15) is 0 Å². The Labute approximate surface area is 180 Å². The van der Waals surface area contributed by atoms with E-state index >= 15 is 0 Å². The van der Waals surface area contributed by atoms with Gasteiger partial charge in [-0.2, -0.15) is 10.1 Å². The molecule has 0 radical (unpaired) electrons. The molecule has 0 bridgehead atoms. The molecule has 4 rings (SSSR count). The molecule has 0 aliphatic carbocycles. The van der Waals surface area contributed by atoms with Gasteiger partial charge < -0.3 is 10.2 Å². The number of benzene rings is 2. The van der Waals surface area contributed by atoms with Gasteiger partial charge in [-0.15, -0.1) is 0 Å². The lowest BCUT2D eigenvalue weighted by atomic mass is 10.1. The topological polar surface area (TPSA) is 63.1 Å². The van der Waals surface area contributed by atoms with Crippen molar-refractivity contribution >= 4 is 38.4 Å². The number of aromatic nitrogens is 3. The molecule has 0 aliphatic rings. The first kappa shape index (κ1) is 20.1. The number of carbonyl (C=O) groups excluding carboxylic acids is 1. The number of hydrogen-bond acceptors (Lipinski definition) is 5. The molecule has 1 N–H and O–H groups in total. The Morgan fingerprint density at radius 3 is 2.63 bits per heavy atom. The third kappa shape index (κ3) is 4.07. The molecule has 0 saturated carbocycles. The lowest BCUT2D eigenvalue weighted by molar-refractivity contribution is -0.114. The monoisotopic (exact) mass is 419 g/mol. The van der Waals surface area contributed by atoms with Crippen molar-refractivity contribution in [2.24, 2.45) is 0 Å². The lowest BCUT2D eigenvalue weighted by Crippen LogP contribution is -2.30. The molecule has 0 unspecified atom stereocenters. The van der Waals surface area contributed by atoms with Crippen molar-refractivity contribution in [3.05, 3.63) is 65.4 Å². The molecule has 30 heavy (non-hydrogen) atoms. The maximum Gasteiger partial charge on any atom is 0.243 e. The third-order valence-electron chi connectivity index (χ3n) is 4.98. The van der Waals surface area contributed by atoms with E-state index in [9.17, 15) is 4.79 Å². The van der Waals surface area contributed by atoms with Gasteiger partial charge in [0.2, 0.25) is 5.91 Å². The van der Waals surface area contributed by atoms with Crippen molar-refractivity contribution in [3.8, 4) is 5.69 Å². The molecule has 0 aliphatic heterocycles. The van der Waals surface area contributed by atoms with Crippen LogP contribution in [0.1, 0.15) is 23.7 Å². The van der Waals surface area contributed by atoms with Gasteiger partial charge in [-0.05, 0) is 55.7 Å². The van der Waals surface area contributed by atoms with E-state index in [-0.39, 0.29) is 12.5 Å². The van der Waals surface area contributed by atoms with Crippen molar-refractivity contribution < 1.29 is 4.79 Å². The zero-order valence-electron chi connectivity index (χ0n) is 17.6. The Kier molecular flexibility index (Phi) is 5.55. The van der Waals surface area contributed by atoms with Crippen LogP contribution in [0.5, 0.6) is 0 Å². The summed E-state index contributed by atoms with van der Waals surface area (Å²) >= 11 is 1.56. The van der Waals surface area contributed by atoms with Crippen molar-refractivity contribution in [2.75, 3.05) is 23.8 Å². The van der Waals surface area contributed by atoms with Crippen LogP contribution in [0, 0.1) is 13.8 Å². The van der Waals surface area contributed by atoms with Crippen LogP contribution in [0.15, 0.2) is 48.5 Å². The number of thiazole rings is 1. The lowest BCUT2D eigenvalue weighted by Gasteiger charge is -2.15. The number of rotatable bonds is 6. The smallest absolute Gasteiger partial charge is 0.243 e. The molecule has 0 atom stereocenters. The fourth-order valence-corrected chi connectivity index (χ4v) is 4.28. The zero-order chi connectivity index (χ0) is 21.3. The van der Waals surface area contributed by atoms with Gasteiger partial charge in [0, 0.05) is 12.7 Å². The standard InChI is InChI=1S/C23H25N5OS/c1-5-17-9-11-18(12-10-17)24-20(29)14-27(4)23-25-22-21(30-23)16(3)26-28(22)19-8-6-7-15(2)13-19/h6-13H,5,14H2,1-4H3,(H,24,29). The summed E-state index contributed by atoms with van der Waals surface area (Å²) in [6.07, 6.45) is 0.980. The van der Waals surface area contributed by atoms with Gasteiger partial charge in [-0.1, -0.05) is 42.5 Å². The Morgan fingerprint density at radius 1 is 1.17 bits per heavy atom. The van der Waals surface area contributed by atoms with E-state index in [2.05, 4.69) is 36.4 Å². The van der Waals surface area contributed by atoms with Crippen molar-refractivity contribution in [1.29, 1.82) is 0 Å². The minimum Gasteiger partial charge on any atom is -0.342 e. The van der Waals surface area contributed by atoms with Crippen LogP contribution in [0.3, 0.4) is 0 Å². The molecular weight excluding hydrogens is 394 g/mol. The first-order chi connectivity index (χ1) is 14.4. The van der Waals surface area contributed by atoms with Crippen LogP contribution in [0.2, 0.25) is 0 Å². The fraction of sp³-hybridized carbons (Fsp3) is 0.261. The molecule has 2 aromatic heterocycles. The maximum atomic E-state index is 12.5. The molecule has 7 heteroatoms. The zero-order valence-corrected chi connectivity index (χ0v) is 18.5. The Morgan fingerprint density at radius 2 is 1.93 bits per heavy atom. The first-order valence-corrected chi connectivity index (χ1v) is 10.8. The SMILES string of the molecule is CCc1ccc(NC(=O)CN(C)c2nc3c(s2)c(C)nn3-c2cccc(C)c2)cc1. The summed E-state index contributed by atoms with van der Waals surface area (Å²) in [7, 11) is 1.89. The molecular formula is C23H25N5OS. The minimum atomic E-state index is -0.0713. The number of carbonyl (C=O) groups is 1. The Balaban J connectivity index is 1.52. The Bertz CT molecular complexity index is 1190. The van der Waals surface area contributed by atoms with E-state index in [1.165, 1.54) is 11.1 Å². The van der Waals surface area contributed by atoms with Crippen LogP contribution in [-0.2, 0) is 11.2 Å². The average Bonchev–Trinajstić information content (AvgIpc) is 3.29. The normalized spacial score (nSPS) is 11.1. The summed E-state index contributed by atoms with van der Waals surface area (Å²) in [5, 5.41) is 8.41. The van der Waals surface area contributed by atoms with E-state index < -0.39 is 0 Å². The molecule has 1 amide bonds. The van der Waals surface area contributed by atoms with Gasteiger partial charge in [0.15, 0.2) is 10.8 Å². The highest BCUT2D eigenvalue weighted by Crippen LogP contribution is 2.32. The highest BCUT2D eigenvalue weighted by atomic mass is 32.1. The van der Waals surface area contributed by atoms with E-state index in [1.54, 1.807) is 11.3 Å². The summed E-state index contributed by atoms with van der Waals surface area (Å²) in [5.41, 5.74) is 5.97. The molecule has 0 fully saturated rings. The summed E-state index contributed by atoms with van der Waals surface area (Å²) in [6, 6.07) is 16.1. The van der Waals surface area contributed by atoms with Crippen LogP contribution < -0.4 is 10.2 Å². The average molecular weight is 420 g/mol. The van der Waals surface area contributed by atoms with Gasteiger partial charge in [-0.25, -0.2) is 4.68 Å². The number of aryl methyl sites for hydroxylation is 3. The first-order valence-electron chi connectivity index (χ1n) is 9.97. The number of anilines is 2. The summed E-state index contributed by atoms with van der Waals surface area (Å²) < 4.78 is 2.91.